The van der Waals surface area contributed by atoms with Crippen molar-refractivity contribution in [3.05, 3.63) is 59.4 Å². The summed E-state index contributed by atoms with van der Waals surface area (Å²) >= 11 is 0. The summed E-state index contributed by atoms with van der Waals surface area (Å²) in [6, 6.07) is 9.96. The van der Waals surface area contributed by atoms with Crippen molar-refractivity contribution < 1.29 is 13.5 Å². The Morgan fingerprint density at radius 1 is 1.29 bits per heavy atom. The van der Waals surface area contributed by atoms with Crippen LogP contribution in [-0.4, -0.2) is 18.5 Å². The van der Waals surface area contributed by atoms with Crippen LogP contribution in [0.3, 0.4) is 0 Å². The highest BCUT2D eigenvalue weighted by Crippen LogP contribution is 2.17. The van der Waals surface area contributed by atoms with E-state index < -0.39 is 16.1 Å². The molecule has 1 unspecified atom stereocenters. The number of pyridine rings is 1. The van der Waals surface area contributed by atoms with E-state index in [4.69, 9.17) is 0 Å². The molecule has 0 bridgehead atoms. The Balaban J connectivity index is 2.19. The van der Waals surface area contributed by atoms with Crippen LogP contribution in [0.5, 0.6) is 0 Å². The summed E-state index contributed by atoms with van der Waals surface area (Å²) in [5.41, 5.74) is 2.18. The number of aliphatic hydroxyl groups excluding tert-OH is 1. The molecule has 5 nitrogen and oxygen atoms in total. The van der Waals surface area contributed by atoms with Gasteiger partial charge < -0.3 is 5.11 Å². The lowest BCUT2D eigenvalue weighted by Crippen LogP contribution is -2.24. The molecule has 1 atom stereocenters. The van der Waals surface area contributed by atoms with Crippen molar-refractivity contribution in [1.29, 1.82) is 0 Å². The molecule has 21 heavy (non-hydrogen) atoms. The lowest BCUT2D eigenvalue weighted by atomic mass is 10.1. The predicted molar refractivity (Wildman–Crippen MR) is 80.1 cm³/mol. The second-order valence-electron chi connectivity index (χ2n) is 4.84. The minimum Gasteiger partial charge on any atom is -0.389 e. The largest absolute Gasteiger partial charge is 0.389 e. The van der Waals surface area contributed by atoms with Gasteiger partial charge in [0.2, 0.25) is 10.0 Å². The molecule has 0 saturated carbocycles. The van der Waals surface area contributed by atoms with E-state index in [-0.39, 0.29) is 11.4 Å². The molecule has 112 valence electrons. The summed E-state index contributed by atoms with van der Waals surface area (Å²) in [6.45, 7) is 3.61. The summed E-state index contributed by atoms with van der Waals surface area (Å²) in [7, 11) is -3.63. The maximum atomic E-state index is 12.3. The molecule has 0 aliphatic rings. The number of aryl methyl sites for hydroxylation is 1. The van der Waals surface area contributed by atoms with Gasteiger partial charge in [-0.3, -0.25) is 4.98 Å². The number of nitrogens with zero attached hydrogens (tertiary/aromatic N) is 1. The zero-order chi connectivity index (χ0) is 15.5. The van der Waals surface area contributed by atoms with Crippen LogP contribution in [0.25, 0.3) is 0 Å². The van der Waals surface area contributed by atoms with E-state index in [1.807, 2.05) is 13.0 Å². The van der Waals surface area contributed by atoms with Gasteiger partial charge in [-0.2, -0.15) is 0 Å². The number of hydrogen-bond donors (Lipinski definition) is 2. The van der Waals surface area contributed by atoms with Crippen LogP contribution in [0.4, 0.5) is 0 Å². The van der Waals surface area contributed by atoms with Gasteiger partial charge in [0.1, 0.15) is 0 Å². The average molecular weight is 306 g/mol. The number of sulfonamides is 1. The van der Waals surface area contributed by atoms with Crippen molar-refractivity contribution in [2.75, 3.05) is 0 Å². The van der Waals surface area contributed by atoms with Gasteiger partial charge in [-0.1, -0.05) is 18.2 Å². The maximum Gasteiger partial charge on any atom is 0.240 e. The van der Waals surface area contributed by atoms with Crippen LogP contribution in [0.2, 0.25) is 0 Å². The molecule has 0 saturated heterocycles. The predicted octanol–water partition coefficient (Wildman–Crippen LogP) is 1.92. The third-order valence-electron chi connectivity index (χ3n) is 3.20. The van der Waals surface area contributed by atoms with Crippen molar-refractivity contribution in [2.45, 2.75) is 31.4 Å². The number of aromatic nitrogens is 1. The first-order valence-corrected chi connectivity index (χ1v) is 8.06. The van der Waals surface area contributed by atoms with Gasteiger partial charge in [0.15, 0.2) is 0 Å². The van der Waals surface area contributed by atoms with E-state index in [0.717, 1.165) is 5.56 Å². The second kappa shape index (κ2) is 6.34. The van der Waals surface area contributed by atoms with Gasteiger partial charge in [0.25, 0.3) is 0 Å². The van der Waals surface area contributed by atoms with Crippen molar-refractivity contribution in [3.63, 3.8) is 0 Å². The van der Waals surface area contributed by atoms with Gasteiger partial charge >= 0.3 is 0 Å². The summed E-state index contributed by atoms with van der Waals surface area (Å²) in [4.78, 5) is 4.29. The van der Waals surface area contributed by atoms with Crippen LogP contribution in [-0.2, 0) is 16.6 Å². The molecule has 0 aliphatic heterocycles. The topological polar surface area (TPSA) is 79.3 Å². The molecular formula is C15H18N2O3S. The molecule has 2 rings (SSSR count). The monoisotopic (exact) mass is 306 g/mol. The molecule has 0 aliphatic carbocycles. The Bertz CT molecular complexity index is 727. The summed E-state index contributed by atoms with van der Waals surface area (Å²) in [5.74, 6) is 0. The Labute approximate surface area is 124 Å². The number of rotatable bonds is 5. The van der Waals surface area contributed by atoms with E-state index in [9.17, 15) is 13.5 Å². The van der Waals surface area contributed by atoms with Crippen molar-refractivity contribution in [1.82, 2.24) is 9.71 Å². The highest BCUT2D eigenvalue weighted by Gasteiger charge is 2.15. The molecule has 1 heterocycles. The molecule has 0 spiro atoms. The molecule has 0 amide bonds. The number of hydrogen-bond acceptors (Lipinski definition) is 4. The molecular weight excluding hydrogens is 288 g/mol. The number of nitrogens with one attached hydrogen (secondary N) is 1. The van der Waals surface area contributed by atoms with Gasteiger partial charge in [-0.15, -0.1) is 0 Å². The van der Waals surface area contributed by atoms with E-state index >= 15 is 0 Å². The van der Waals surface area contributed by atoms with Crippen molar-refractivity contribution in [3.8, 4) is 0 Å². The molecule has 0 fully saturated rings. The Morgan fingerprint density at radius 2 is 2.05 bits per heavy atom. The normalized spacial score (nSPS) is 13.1. The van der Waals surface area contributed by atoms with Crippen LogP contribution in [0, 0.1) is 6.92 Å². The summed E-state index contributed by atoms with van der Waals surface area (Å²) in [6.07, 6.45) is 0.920. The zero-order valence-electron chi connectivity index (χ0n) is 11.9. The van der Waals surface area contributed by atoms with Crippen LogP contribution in [0.15, 0.2) is 47.5 Å². The standard InChI is InChI=1S/C15H18N2O3S/c1-11-5-4-8-16-15(11)10-17-21(19,20)14-7-3-6-13(9-14)12(2)18/h3-9,12,17-18H,10H2,1-2H3. The van der Waals surface area contributed by atoms with Crippen LogP contribution < -0.4 is 4.72 Å². The van der Waals surface area contributed by atoms with Crippen molar-refractivity contribution >= 4 is 10.0 Å². The zero-order valence-corrected chi connectivity index (χ0v) is 12.8. The first kappa shape index (κ1) is 15.6. The molecule has 6 heteroatoms. The summed E-state index contributed by atoms with van der Waals surface area (Å²) in [5, 5.41) is 9.53. The third-order valence-corrected chi connectivity index (χ3v) is 4.60. The fourth-order valence-corrected chi connectivity index (χ4v) is 2.93. The van der Waals surface area contributed by atoms with E-state index in [1.165, 1.54) is 12.1 Å². The lowest BCUT2D eigenvalue weighted by Gasteiger charge is -2.10. The fourth-order valence-electron chi connectivity index (χ4n) is 1.89. The third kappa shape index (κ3) is 3.87. The number of benzene rings is 1. The van der Waals surface area contributed by atoms with Crippen LogP contribution in [0.1, 0.15) is 29.8 Å². The molecule has 1 aromatic heterocycles. The van der Waals surface area contributed by atoms with Gasteiger partial charge in [-0.05, 0) is 43.2 Å². The molecule has 2 aromatic rings. The fraction of sp³-hybridized carbons (Fsp3) is 0.267. The highest BCUT2D eigenvalue weighted by atomic mass is 32.2. The average Bonchev–Trinajstić information content (AvgIpc) is 2.46. The Hall–Kier alpha value is -1.76. The minimum atomic E-state index is -3.63. The smallest absolute Gasteiger partial charge is 0.240 e. The first-order valence-electron chi connectivity index (χ1n) is 6.58. The maximum absolute atomic E-state index is 12.3. The lowest BCUT2D eigenvalue weighted by molar-refractivity contribution is 0.199. The molecule has 2 N–H and O–H groups in total. The van der Waals surface area contributed by atoms with Gasteiger partial charge in [0, 0.05) is 6.20 Å². The SMILES string of the molecule is Cc1cccnc1CNS(=O)(=O)c1cccc(C(C)O)c1. The molecule has 1 aromatic carbocycles. The highest BCUT2D eigenvalue weighted by molar-refractivity contribution is 7.89. The van der Waals surface area contributed by atoms with E-state index in [0.29, 0.717) is 11.3 Å². The minimum absolute atomic E-state index is 0.133. The van der Waals surface area contributed by atoms with Crippen LogP contribution >= 0.6 is 0 Å². The second-order valence-corrected chi connectivity index (χ2v) is 6.61. The first-order chi connectivity index (χ1) is 9.90. The Kier molecular flexibility index (Phi) is 4.72. The van der Waals surface area contributed by atoms with E-state index in [2.05, 4.69) is 9.71 Å². The molecule has 0 radical (unpaired) electrons. The van der Waals surface area contributed by atoms with E-state index in [1.54, 1.807) is 31.3 Å². The van der Waals surface area contributed by atoms with Crippen molar-refractivity contribution in [2.24, 2.45) is 0 Å². The quantitative estimate of drug-likeness (QED) is 0.884. The van der Waals surface area contributed by atoms with Gasteiger partial charge in [-0.25, -0.2) is 13.1 Å². The Morgan fingerprint density at radius 3 is 2.71 bits per heavy atom. The number of aliphatic hydroxyl groups is 1. The summed E-state index contributed by atoms with van der Waals surface area (Å²) < 4.78 is 27.1. The van der Waals surface area contributed by atoms with Gasteiger partial charge in [0.05, 0.1) is 23.2 Å².